The van der Waals surface area contributed by atoms with Gasteiger partial charge in [-0.1, -0.05) is 6.07 Å². The number of aliphatic hydroxyl groups is 1. The first-order chi connectivity index (χ1) is 7.70. The van der Waals surface area contributed by atoms with Crippen LogP contribution in [0.25, 0.3) is 0 Å². The van der Waals surface area contributed by atoms with Crippen molar-refractivity contribution >= 4 is 5.69 Å². The predicted molar refractivity (Wildman–Crippen MR) is 61.3 cm³/mol. The molecular formula is C12H17FN2O. The molecule has 4 heteroatoms. The van der Waals surface area contributed by atoms with E-state index in [1.54, 1.807) is 6.07 Å². The smallest absolute Gasteiger partial charge is 0.125 e. The van der Waals surface area contributed by atoms with Gasteiger partial charge in [0.1, 0.15) is 5.82 Å². The summed E-state index contributed by atoms with van der Waals surface area (Å²) >= 11 is 0. The van der Waals surface area contributed by atoms with Crippen molar-refractivity contribution < 1.29 is 9.50 Å². The van der Waals surface area contributed by atoms with Crippen LogP contribution in [-0.2, 0) is 6.54 Å². The molecule has 0 bridgehead atoms. The lowest BCUT2D eigenvalue weighted by atomic mass is 10.1. The summed E-state index contributed by atoms with van der Waals surface area (Å²) in [5.41, 5.74) is 7.18. The molecule has 0 spiro atoms. The van der Waals surface area contributed by atoms with E-state index in [0.717, 1.165) is 5.56 Å². The van der Waals surface area contributed by atoms with E-state index < -0.39 is 0 Å². The van der Waals surface area contributed by atoms with Gasteiger partial charge in [-0.05, 0) is 30.5 Å². The van der Waals surface area contributed by atoms with E-state index in [1.807, 2.05) is 0 Å². The van der Waals surface area contributed by atoms with Crippen LogP contribution in [-0.4, -0.2) is 29.2 Å². The van der Waals surface area contributed by atoms with Crippen molar-refractivity contribution in [3.63, 3.8) is 0 Å². The summed E-state index contributed by atoms with van der Waals surface area (Å²) in [5.74, 6) is -0.304. The quantitative estimate of drug-likeness (QED) is 0.743. The van der Waals surface area contributed by atoms with Crippen molar-refractivity contribution in [1.82, 2.24) is 4.90 Å². The third-order valence-corrected chi connectivity index (χ3v) is 2.93. The second-order valence-electron chi connectivity index (χ2n) is 4.27. The molecule has 1 aliphatic carbocycles. The third-order valence-electron chi connectivity index (χ3n) is 2.93. The molecule has 0 heterocycles. The van der Waals surface area contributed by atoms with Gasteiger partial charge >= 0.3 is 0 Å². The van der Waals surface area contributed by atoms with Gasteiger partial charge in [0, 0.05) is 24.8 Å². The Morgan fingerprint density at radius 3 is 2.75 bits per heavy atom. The van der Waals surface area contributed by atoms with Gasteiger partial charge in [0.15, 0.2) is 0 Å². The summed E-state index contributed by atoms with van der Waals surface area (Å²) in [7, 11) is 0. The van der Waals surface area contributed by atoms with E-state index in [1.165, 1.54) is 25.0 Å². The summed E-state index contributed by atoms with van der Waals surface area (Å²) in [4.78, 5) is 2.20. The maximum Gasteiger partial charge on any atom is 0.125 e. The lowest BCUT2D eigenvalue weighted by Gasteiger charge is -2.21. The van der Waals surface area contributed by atoms with Gasteiger partial charge < -0.3 is 10.8 Å². The molecule has 1 aromatic carbocycles. The second kappa shape index (κ2) is 4.80. The Kier molecular flexibility index (Phi) is 3.41. The number of nitrogens with two attached hydrogens (primary N) is 1. The van der Waals surface area contributed by atoms with E-state index in [-0.39, 0.29) is 12.4 Å². The Morgan fingerprint density at radius 2 is 2.19 bits per heavy atom. The molecular weight excluding hydrogens is 207 g/mol. The Labute approximate surface area is 94.7 Å². The highest BCUT2D eigenvalue weighted by atomic mass is 19.1. The fourth-order valence-electron chi connectivity index (χ4n) is 1.89. The molecule has 1 saturated carbocycles. The number of hydrogen-bond acceptors (Lipinski definition) is 3. The SMILES string of the molecule is Nc1cc(F)ccc1CN(CCO)C1CC1. The Hall–Kier alpha value is -1.13. The van der Waals surface area contributed by atoms with E-state index in [4.69, 9.17) is 10.8 Å². The molecule has 0 unspecified atom stereocenters. The zero-order valence-electron chi connectivity index (χ0n) is 9.19. The monoisotopic (exact) mass is 224 g/mol. The number of nitrogens with zero attached hydrogens (tertiary/aromatic N) is 1. The molecule has 0 atom stereocenters. The van der Waals surface area contributed by atoms with Gasteiger partial charge in [-0.3, -0.25) is 4.90 Å². The van der Waals surface area contributed by atoms with Crippen LogP contribution in [0.5, 0.6) is 0 Å². The van der Waals surface area contributed by atoms with Crippen molar-refractivity contribution in [3.8, 4) is 0 Å². The normalized spacial score (nSPS) is 15.7. The molecule has 0 radical (unpaired) electrons. The highest BCUT2D eigenvalue weighted by Gasteiger charge is 2.28. The number of rotatable bonds is 5. The van der Waals surface area contributed by atoms with Gasteiger partial charge in [-0.15, -0.1) is 0 Å². The number of aliphatic hydroxyl groups excluding tert-OH is 1. The van der Waals surface area contributed by atoms with Crippen LogP contribution < -0.4 is 5.73 Å². The number of hydrogen-bond donors (Lipinski definition) is 2. The van der Waals surface area contributed by atoms with Crippen molar-refractivity contribution in [2.45, 2.75) is 25.4 Å². The van der Waals surface area contributed by atoms with E-state index >= 15 is 0 Å². The van der Waals surface area contributed by atoms with Crippen molar-refractivity contribution in [2.75, 3.05) is 18.9 Å². The molecule has 1 fully saturated rings. The molecule has 1 aromatic rings. The van der Waals surface area contributed by atoms with Gasteiger partial charge in [0.05, 0.1) is 6.61 Å². The predicted octanol–water partition coefficient (Wildman–Crippen LogP) is 1.36. The Balaban J connectivity index is 2.05. The highest BCUT2D eigenvalue weighted by molar-refractivity contribution is 5.46. The first kappa shape index (κ1) is 11.4. The van der Waals surface area contributed by atoms with Gasteiger partial charge in [0.2, 0.25) is 0 Å². The first-order valence-electron chi connectivity index (χ1n) is 5.59. The highest BCUT2D eigenvalue weighted by Crippen LogP contribution is 2.29. The third kappa shape index (κ3) is 2.71. The largest absolute Gasteiger partial charge is 0.398 e. The van der Waals surface area contributed by atoms with Crippen molar-refractivity contribution in [3.05, 3.63) is 29.6 Å². The maximum absolute atomic E-state index is 12.9. The van der Waals surface area contributed by atoms with Gasteiger partial charge in [-0.25, -0.2) is 4.39 Å². The number of halogens is 1. The number of nitrogen functional groups attached to an aromatic ring is 1. The minimum Gasteiger partial charge on any atom is -0.398 e. The zero-order valence-corrected chi connectivity index (χ0v) is 9.19. The Morgan fingerprint density at radius 1 is 1.44 bits per heavy atom. The van der Waals surface area contributed by atoms with Gasteiger partial charge in [-0.2, -0.15) is 0 Å². The molecule has 0 aromatic heterocycles. The van der Waals surface area contributed by atoms with Gasteiger partial charge in [0.25, 0.3) is 0 Å². The zero-order chi connectivity index (χ0) is 11.5. The fraction of sp³-hybridized carbons (Fsp3) is 0.500. The van der Waals surface area contributed by atoms with E-state index in [9.17, 15) is 4.39 Å². The summed E-state index contributed by atoms with van der Waals surface area (Å²) < 4.78 is 12.9. The lowest BCUT2D eigenvalue weighted by molar-refractivity contribution is 0.183. The second-order valence-corrected chi connectivity index (χ2v) is 4.27. The molecule has 1 aliphatic rings. The molecule has 2 rings (SSSR count). The maximum atomic E-state index is 12.9. The molecule has 0 aliphatic heterocycles. The van der Waals surface area contributed by atoms with E-state index in [2.05, 4.69) is 4.90 Å². The average Bonchev–Trinajstić information content (AvgIpc) is 3.04. The van der Waals surface area contributed by atoms with Crippen LogP contribution in [0.4, 0.5) is 10.1 Å². The van der Waals surface area contributed by atoms with E-state index in [0.29, 0.717) is 24.8 Å². The topological polar surface area (TPSA) is 49.5 Å². The van der Waals surface area contributed by atoms with Crippen LogP contribution in [0, 0.1) is 5.82 Å². The van der Waals surface area contributed by atoms with Crippen LogP contribution >= 0.6 is 0 Å². The van der Waals surface area contributed by atoms with Crippen LogP contribution in [0.1, 0.15) is 18.4 Å². The van der Waals surface area contributed by atoms with Crippen LogP contribution in [0.15, 0.2) is 18.2 Å². The molecule has 3 N–H and O–H groups in total. The lowest BCUT2D eigenvalue weighted by Crippen LogP contribution is -2.29. The van der Waals surface area contributed by atoms with Crippen LogP contribution in [0.3, 0.4) is 0 Å². The fourth-order valence-corrected chi connectivity index (χ4v) is 1.89. The molecule has 16 heavy (non-hydrogen) atoms. The average molecular weight is 224 g/mol. The molecule has 3 nitrogen and oxygen atoms in total. The molecule has 88 valence electrons. The summed E-state index contributed by atoms with van der Waals surface area (Å²) in [5, 5.41) is 8.97. The summed E-state index contributed by atoms with van der Waals surface area (Å²) in [6.45, 7) is 1.50. The van der Waals surface area contributed by atoms with Crippen LogP contribution in [0.2, 0.25) is 0 Å². The summed E-state index contributed by atoms with van der Waals surface area (Å²) in [6, 6.07) is 5.06. The van der Waals surface area contributed by atoms with Crippen molar-refractivity contribution in [2.24, 2.45) is 0 Å². The minimum absolute atomic E-state index is 0.150. The summed E-state index contributed by atoms with van der Waals surface area (Å²) in [6.07, 6.45) is 2.36. The number of benzene rings is 1. The molecule has 0 saturated heterocycles. The standard InChI is InChI=1S/C12H17FN2O/c13-10-2-1-9(12(14)7-10)8-15(5-6-16)11-3-4-11/h1-2,7,11,16H,3-6,8,14H2. The van der Waals surface area contributed by atoms with Crippen molar-refractivity contribution in [1.29, 1.82) is 0 Å². The first-order valence-corrected chi connectivity index (χ1v) is 5.59. The Bertz CT molecular complexity index is 366. The number of anilines is 1. The molecule has 0 amide bonds. The minimum atomic E-state index is -0.304.